The number of nitrogens with zero attached hydrogens (tertiary/aromatic N) is 4. The molecule has 0 aliphatic carbocycles. The molecule has 128 valence electrons. The number of rotatable bonds is 5. The van der Waals surface area contributed by atoms with Gasteiger partial charge in [-0.1, -0.05) is 30.3 Å². The van der Waals surface area contributed by atoms with Crippen molar-refractivity contribution in [1.29, 1.82) is 0 Å². The predicted octanol–water partition coefficient (Wildman–Crippen LogP) is 4.13. The van der Waals surface area contributed by atoms with E-state index in [1.165, 1.54) is 12.4 Å². The number of hydrogen-bond donors (Lipinski definition) is 2. The summed E-state index contributed by atoms with van der Waals surface area (Å²) in [6, 6.07) is 15.4. The van der Waals surface area contributed by atoms with Crippen LogP contribution in [0.15, 0.2) is 95.3 Å². The number of hydrogen-bond acceptors (Lipinski definition) is 6. The Hall–Kier alpha value is -3.87. The van der Waals surface area contributed by atoms with Gasteiger partial charge in [-0.15, -0.1) is 10.2 Å². The molecule has 0 radical (unpaired) electrons. The first-order valence-electron chi connectivity index (χ1n) is 7.76. The first-order chi connectivity index (χ1) is 12.7. The third-order valence-corrected chi connectivity index (χ3v) is 3.32. The molecule has 0 unspecified atom stereocenters. The number of aliphatic hydroxyl groups is 1. The molecule has 7 heteroatoms. The van der Waals surface area contributed by atoms with Gasteiger partial charge in [-0.25, -0.2) is 0 Å². The van der Waals surface area contributed by atoms with Gasteiger partial charge in [0.05, 0.1) is 18.1 Å². The molecule has 3 rings (SSSR count). The second-order valence-electron chi connectivity index (χ2n) is 5.17. The van der Waals surface area contributed by atoms with Gasteiger partial charge in [0.2, 0.25) is 0 Å². The highest BCUT2D eigenvalue weighted by molar-refractivity contribution is 6.07. The Bertz CT molecular complexity index is 926. The lowest BCUT2D eigenvalue weighted by Gasteiger charge is -2.07. The number of nitrogens with one attached hydrogen (secondary N) is 1. The van der Waals surface area contributed by atoms with Crippen LogP contribution in [0.5, 0.6) is 0 Å². The Kier molecular flexibility index (Phi) is 5.41. The number of benzene rings is 1. The number of anilines is 1. The van der Waals surface area contributed by atoms with Crippen molar-refractivity contribution in [1.82, 2.24) is 9.97 Å². The van der Waals surface area contributed by atoms with Crippen LogP contribution in [-0.4, -0.2) is 21.0 Å². The number of carbonyl (C=O) groups is 1. The number of aromatic nitrogens is 2. The van der Waals surface area contributed by atoms with E-state index in [4.69, 9.17) is 0 Å². The van der Waals surface area contributed by atoms with E-state index in [2.05, 4.69) is 25.5 Å². The SMILES string of the molecule is O=C(Nc1cccnc1)/C(N=Nc1cccnc1)=C(/O)c1ccccc1. The van der Waals surface area contributed by atoms with Crippen LogP contribution in [-0.2, 0) is 4.79 Å². The molecule has 0 fully saturated rings. The van der Waals surface area contributed by atoms with E-state index in [-0.39, 0.29) is 11.5 Å². The smallest absolute Gasteiger partial charge is 0.280 e. The van der Waals surface area contributed by atoms with E-state index in [9.17, 15) is 9.90 Å². The van der Waals surface area contributed by atoms with Crippen LogP contribution in [0.3, 0.4) is 0 Å². The largest absolute Gasteiger partial charge is 0.505 e. The molecule has 0 aliphatic rings. The second-order valence-corrected chi connectivity index (χ2v) is 5.17. The normalized spacial score (nSPS) is 11.8. The Morgan fingerprint density at radius 3 is 2.31 bits per heavy atom. The zero-order valence-corrected chi connectivity index (χ0v) is 13.6. The number of aliphatic hydroxyl groups excluding tert-OH is 1. The fourth-order valence-corrected chi connectivity index (χ4v) is 2.08. The molecule has 2 heterocycles. The van der Waals surface area contributed by atoms with Gasteiger partial charge in [0.15, 0.2) is 11.5 Å². The lowest BCUT2D eigenvalue weighted by Crippen LogP contribution is -2.15. The van der Waals surface area contributed by atoms with Crippen molar-refractivity contribution in [3.8, 4) is 0 Å². The topological polar surface area (TPSA) is 99.8 Å². The number of pyridine rings is 2. The zero-order valence-electron chi connectivity index (χ0n) is 13.6. The maximum Gasteiger partial charge on any atom is 0.280 e. The van der Waals surface area contributed by atoms with Crippen LogP contribution in [0.1, 0.15) is 5.56 Å². The maximum atomic E-state index is 12.6. The highest BCUT2D eigenvalue weighted by atomic mass is 16.3. The third kappa shape index (κ3) is 4.35. The van der Waals surface area contributed by atoms with Gasteiger partial charge in [0.25, 0.3) is 5.91 Å². The molecule has 26 heavy (non-hydrogen) atoms. The molecule has 2 aromatic heterocycles. The van der Waals surface area contributed by atoms with Gasteiger partial charge in [-0.3, -0.25) is 14.8 Å². The molecule has 0 bridgehead atoms. The Morgan fingerprint density at radius 1 is 0.923 bits per heavy atom. The van der Waals surface area contributed by atoms with Crippen LogP contribution in [0.25, 0.3) is 5.76 Å². The van der Waals surface area contributed by atoms with Gasteiger partial charge in [-0.2, -0.15) is 0 Å². The van der Waals surface area contributed by atoms with Crippen molar-refractivity contribution in [2.24, 2.45) is 10.2 Å². The van der Waals surface area contributed by atoms with Crippen LogP contribution in [0.2, 0.25) is 0 Å². The van der Waals surface area contributed by atoms with Gasteiger partial charge in [-0.05, 0) is 24.3 Å². The minimum atomic E-state index is -0.605. The summed E-state index contributed by atoms with van der Waals surface area (Å²) in [6.07, 6.45) is 6.19. The lowest BCUT2D eigenvalue weighted by molar-refractivity contribution is -0.112. The van der Waals surface area contributed by atoms with Crippen molar-refractivity contribution >= 4 is 23.0 Å². The average molecular weight is 345 g/mol. The summed E-state index contributed by atoms with van der Waals surface area (Å²) in [5.41, 5.74) is 1.17. The summed E-state index contributed by atoms with van der Waals surface area (Å²) in [6.45, 7) is 0. The molecule has 0 saturated heterocycles. The standard InChI is InChI=1S/C19H15N5O2/c25-18(14-6-2-1-3-7-14)17(24-23-16-9-5-11-21-13-16)19(26)22-15-8-4-10-20-12-15/h1-13,25H,(H,22,26)/b18-17-,24-23?. The van der Waals surface area contributed by atoms with Crippen molar-refractivity contribution in [2.45, 2.75) is 0 Å². The van der Waals surface area contributed by atoms with E-state index in [1.54, 1.807) is 60.9 Å². The Labute approximate surface area is 149 Å². The summed E-state index contributed by atoms with van der Waals surface area (Å²) in [7, 11) is 0. The number of carbonyl (C=O) groups excluding carboxylic acids is 1. The first kappa shape index (κ1) is 17.0. The molecule has 3 aromatic rings. The van der Waals surface area contributed by atoms with Crippen LogP contribution in [0.4, 0.5) is 11.4 Å². The van der Waals surface area contributed by atoms with E-state index in [0.717, 1.165) is 0 Å². The highest BCUT2D eigenvalue weighted by Crippen LogP contribution is 2.20. The van der Waals surface area contributed by atoms with Gasteiger partial charge < -0.3 is 10.4 Å². The van der Waals surface area contributed by atoms with E-state index in [1.807, 2.05) is 6.07 Å². The van der Waals surface area contributed by atoms with Crippen LogP contribution in [0, 0.1) is 0 Å². The summed E-state index contributed by atoms with van der Waals surface area (Å²) in [5.74, 6) is -0.883. The molecule has 0 atom stereocenters. The van der Waals surface area contributed by atoms with Crippen molar-refractivity contribution in [3.63, 3.8) is 0 Å². The van der Waals surface area contributed by atoms with Crippen molar-refractivity contribution in [3.05, 3.63) is 90.6 Å². The maximum absolute atomic E-state index is 12.6. The van der Waals surface area contributed by atoms with Gasteiger partial charge in [0.1, 0.15) is 5.69 Å². The minimum absolute atomic E-state index is 0.219. The van der Waals surface area contributed by atoms with E-state index in [0.29, 0.717) is 16.9 Å². The Morgan fingerprint density at radius 2 is 1.65 bits per heavy atom. The van der Waals surface area contributed by atoms with E-state index >= 15 is 0 Å². The number of azo groups is 1. The fourth-order valence-electron chi connectivity index (χ4n) is 2.08. The molecule has 1 amide bonds. The molecule has 2 N–H and O–H groups in total. The summed E-state index contributed by atoms with van der Waals surface area (Å²) >= 11 is 0. The molecular weight excluding hydrogens is 330 g/mol. The van der Waals surface area contributed by atoms with E-state index < -0.39 is 5.91 Å². The molecule has 0 spiro atoms. The highest BCUT2D eigenvalue weighted by Gasteiger charge is 2.17. The monoisotopic (exact) mass is 345 g/mol. The second kappa shape index (κ2) is 8.29. The van der Waals surface area contributed by atoms with Crippen molar-refractivity contribution in [2.75, 3.05) is 5.32 Å². The lowest BCUT2D eigenvalue weighted by atomic mass is 10.1. The summed E-state index contributed by atoms with van der Waals surface area (Å²) in [4.78, 5) is 20.5. The van der Waals surface area contributed by atoms with Crippen LogP contribution < -0.4 is 5.32 Å². The van der Waals surface area contributed by atoms with Crippen LogP contribution >= 0.6 is 0 Å². The molecule has 1 aromatic carbocycles. The summed E-state index contributed by atoms with van der Waals surface area (Å²) < 4.78 is 0. The van der Waals surface area contributed by atoms with Gasteiger partial charge in [0, 0.05) is 18.0 Å². The quantitative estimate of drug-likeness (QED) is 0.412. The molecule has 0 aliphatic heterocycles. The molecule has 0 saturated carbocycles. The first-order valence-corrected chi connectivity index (χ1v) is 7.76. The average Bonchev–Trinajstić information content (AvgIpc) is 2.70. The molecule has 7 nitrogen and oxygen atoms in total. The minimum Gasteiger partial charge on any atom is -0.505 e. The third-order valence-electron chi connectivity index (χ3n) is 3.32. The zero-order chi connectivity index (χ0) is 18.2. The fraction of sp³-hybridized carbons (Fsp3) is 0. The summed E-state index contributed by atoms with van der Waals surface area (Å²) in [5, 5.41) is 21.1. The Balaban J connectivity index is 1.96. The molecular formula is C19H15N5O2. The van der Waals surface area contributed by atoms with Crippen molar-refractivity contribution < 1.29 is 9.90 Å². The number of amides is 1. The van der Waals surface area contributed by atoms with Gasteiger partial charge >= 0.3 is 0 Å². The predicted molar refractivity (Wildman–Crippen MR) is 97.6 cm³/mol.